The van der Waals surface area contributed by atoms with E-state index in [1.807, 2.05) is 0 Å². The topological polar surface area (TPSA) is 52.3 Å². The highest BCUT2D eigenvalue weighted by Gasteiger charge is 2.48. The third kappa shape index (κ3) is 2.10. The zero-order chi connectivity index (χ0) is 11.6. The first-order valence-electron chi connectivity index (χ1n) is 6.60. The van der Waals surface area contributed by atoms with Crippen LogP contribution in [0.3, 0.4) is 0 Å². The van der Waals surface area contributed by atoms with Crippen LogP contribution in [0.25, 0.3) is 0 Å². The van der Waals surface area contributed by atoms with Crippen molar-refractivity contribution in [2.24, 2.45) is 17.1 Å². The molecule has 1 aliphatic carbocycles. The SMILES string of the molecule is CCC1CCCC2(CC1)CC(=O)OC2CN. The van der Waals surface area contributed by atoms with E-state index < -0.39 is 0 Å². The van der Waals surface area contributed by atoms with Crippen molar-refractivity contribution in [1.29, 1.82) is 0 Å². The van der Waals surface area contributed by atoms with Gasteiger partial charge in [0, 0.05) is 12.0 Å². The molecule has 1 saturated carbocycles. The second-order valence-electron chi connectivity index (χ2n) is 5.46. The number of carbonyl (C=O) groups excluding carboxylic acids is 1. The Balaban J connectivity index is 2.08. The number of nitrogens with two attached hydrogens (primary N) is 1. The number of esters is 1. The second-order valence-corrected chi connectivity index (χ2v) is 5.46. The van der Waals surface area contributed by atoms with Crippen molar-refractivity contribution in [3.63, 3.8) is 0 Å². The molecule has 92 valence electrons. The van der Waals surface area contributed by atoms with Gasteiger partial charge in [-0.3, -0.25) is 4.79 Å². The molecule has 3 unspecified atom stereocenters. The van der Waals surface area contributed by atoms with Gasteiger partial charge in [-0.15, -0.1) is 0 Å². The van der Waals surface area contributed by atoms with E-state index in [4.69, 9.17) is 10.5 Å². The zero-order valence-corrected chi connectivity index (χ0v) is 10.2. The molecule has 1 spiro atoms. The Morgan fingerprint density at radius 3 is 2.94 bits per heavy atom. The maximum atomic E-state index is 11.5. The van der Waals surface area contributed by atoms with Gasteiger partial charge in [0.2, 0.25) is 0 Å². The van der Waals surface area contributed by atoms with Gasteiger partial charge in [-0.2, -0.15) is 0 Å². The highest BCUT2D eigenvalue weighted by molar-refractivity contribution is 5.73. The average Bonchev–Trinajstić information content (AvgIpc) is 2.46. The normalized spacial score (nSPS) is 39.8. The van der Waals surface area contributed by atoms with Crippen LogP contribution in [-0.4, -0.2) is 18.6 Å². The summed E-state index contributed by atoms with van der Waals surface area (Å²) in [5.74, 6) is 0.805. The van der Waals surface area contributed by atoms with Crippen LogP contribution in [0.15, 0.2) is 0 Å². The molecule has 0 aromatic heterocycles. The lowest BCUT2D eigenvalue weighted by molar-refractivity contribution is -0.141. The molecule has 3 nitrogen and oxygen atoms in total. The van der Waals surface area contributed by atoms with Crippen molar-refractivity contribution in [3.05, 3.63) is 0 Å². The molecule has 1 saturated heterocycles. The van der Waals surface area contributed by atoms with Gasteiger partial charge in [-0.05, 0) is 25.2 Å². The van der Waals surface area contributed by atoms with E-state index in [2.05, 4.69) is 6.92 Å². The molecule has 3 heteroatoms. The van der Waals surface area contributed by atoms with E-state index >= 15 is 0 Å². The predicted molar refractivity (Wildman–Crippen MR) is 62.9 cm³/mol. The highest BCUT2D eigenvalue weighted by Crippen LogP contribution is 2.47. The summed E-state index contributed by atoms with van der Waals surface area (Å²) in [5.41, 5.74) is 5.82. The molecular weight excluding hydrogens is 202 g/mol. The van der Waals surface area contributed by atoms with Crippen LogP contribution < -0.4 is 5.73 Å². The van der Waals surface area contributed by atoms with Crippen LogP contribution in [0.5, 0.6) is 0 Å². The Morgan fingerprint density at radius 1 is 1.44 bits per heavy atom. The monoisotopic (exact) mass is 225 g/mol. The quantitative estimate of drug-likeness (QED) is 0.733. The van der Waals surface area contributed by atoms with Gasteiger partial charge in [0.25, 0.3) is 0 Å². The summed E-state index contributed by atoms with van der Waals surface area (Å²) in [5, 5.41) is 0. The summed E-state index contributed by atoms with van der Waals surface area (Å²) < 4.78 is 5.36. The van der Waals surface area contributed by atoms with Crippen LogP contribution >= 0.6 is 0 Å². The maximum absolute atomic E-state index is 11.5. The van der Waals surface area contributed by atoms with Crippen molar-refractivity contribution in [2.75, 3.05) is 6.54 Å². The van der Waals surface area contributed by atoms with Crippen molar-refractivity contribution >= 4 is 5.97 Å². The van der Waals surface area contributed by atoms with Gasteiger partial charge >= 0.3 is 5.97 Å². The summed E-state index contributed by atoms with van der Waals surface area (Å²) in [7, 11) is 0. The van der Waals surface area contributed by atoms with Crippen molar-refractivity contribution < 1.29 is 9.53 Å². The van der Waals surface area contributed by atoms with Crippen LogP contribution in [0.2, 0.25) is 0 Å². The van der Waals surface area contributed by atoms with Gasteiger partial charge < -0.3 is 10.5 Å². The van der Waals surface area contributed by atoms with Crippen LogP contribution in [-0.2, 0) is 9.53 Å². The number of hydrogen-bond donors (Lipinski definition) is 1. The molecular formula is C13H23NO2. The first-order valence-corrected chi connectivity index (χ1v) is 6.60. The van der Waals surface area contributed by atoms with Gasteiger partial charge in [0.15, 0.2) is 0 Å². The molecule has 3 atom stereocenters. The summed E-state index contributed by atoms with van der Waals surface area (Å²) in [4.78, 5) is 11.5. The summed E-state index contributed by atoms with van der Waals surface area (Å²) in [6.07, 6.45) is 7.87. The molecule has 2 rings (SSSR count). The molecule has 16 heavy (non-hydrogen) atoms. The fraction of sp³-hybridized carbons (Fsp3) is 0.923. The highest BCUT2D eigenvalue weighted by atomic mass is 16.6. The van der Waals surface area contributed by atoms with E-state index in [1.165, 1.54) is 25.7 Å². The van der Waals surface area contributed by atoms with Gasteiger partial charge in [0.1, 0.15) is 6.10 Å². The lowest BCUT2D eigenvalue weighted by Crippen LogP contribution is -2.36. The van der Waals surface area contributed by atoms with Crippen LogP contribution in [0.4, 0.5) is 0 Å². The molecule has 0 aromatic carbocycles. The summed E-state index contributed by atoms with van der Waals surface area (Å²) >= 11 is 0. The fourth-order valence-corrected chi connectivity index (χ4v) is 3.44. The predicted octanol–water partition coefficient (Wildman–Crippen LogP) is 2.24. The minimum atomic E-state index is -0.0367. The maximum Gasteiger partial charge on any atom is 0.306 e. The van der Waals surface area contributed by atoms with Gasteiger partial charge in [-0.1, -0.05) is 26.2 Å². The molecule has 1 aliphatic heterocycles. The van der Waals surface area contributed by atoms with E-state index in [0.717, 1.165) is 18.8 Å². The van der Waals surface area contributed by atoms with Crippen LogP contribution in [0, 0.1) is 11.3 Å². The molecule has 1 heterocycles. The largest absolute Gasteiger partial charge is 0.460 e. The number of ether oxygens (including phenoxy) is 1. The Hall–Kier alpha value is -0.570. The van der Waals surface area contributed by atoms with E-state index in [0.29, 0.717) is 13.0 Å². The summed E-state index contributed by atoms with van der Waals surface area (Å²) in [6.45, 7) is 2.75. The van der Waals surface area contributed by atoms with Crippen LogP contribution in [0.1, 0.15) is 51.9 Å². The van der Waals surface area contributed by atoms with Gasteiger partial charge in [-0.25, -0.2) is 0 Å². The Kier molecular flexibility index (Phi) is 3.53. The Morgan fingerprint density at radius 2 is 2.25 bits per heavy atom. The number of hydrogen-bond acceptors (Lipinski definition) is 3. The number of carbonyl (C=O) groups is 1. The molecule has 2 N–H and O–H groups in total. The molecule has 0 aromatic rings. The Labute approximate surface area is 97.7 Å². The van der Waals surface area contributed by atoms with E-state index in [-0.39, 0.29) is 17.5 Å². The van der Waals surface area contributed by atoms with Crippen molar-refractivity contribution in [1.82, 2.24) is 0 Å². The minimum absolute atomic E-state index is 0.0180. The Bertz CT molecular complexity index is 267. The third-order valence-corrected chi connectivity index (χ3v) is 4.58. The standard InChI is InChI=1S/C13H23NO2/c1-2-10-4-3-6-13(7-5-10)8-12(15)16-11(13)9-14/h10-11H,2-9,14H2,1H3. The lowest BCUT2D eigenvalue weighted by Gasteiger charge is -2.30. The first-order chi connectivity index (χ1) is 7.70. The minimum Gasteiger partial charge on any atom is -0.460 e. The summed E-state index contributed by atoms with van der Waals surface area (Å²) in [6, 6.07) is 0. The number of cyclic esters (lactones) is 1. The number of rotatable bonds is 2. The fourth-order valence-electron chi connectivity index (χ4n) is 3.44. The molecule has 0 radical (unpaired) electrons. The lowest BCUT2D eigenvalue weighted by atomic mass is 9.74. The van der Waals surface area contributed by atoms with E-state index in [1.54, 1.807) is 0 Å². The molecule has 0 amide bonds. The zero-order valence-electron chi connectivity index (χ0n) is 10.2. The van der Waals surface area contributed by atoms with Crippen molar-refractivity contribution in [3.8, 4) is 0 Å². The molecule has 2 aliphatic rings. The van der Waals surface area contributed by atoms with Crippen molar-refractivity contribution in [2.45, 2.75) is 58.0 Å². The first kappa shape index (κ1) is 11.9. The average molecular weight is 225 g/mol. The third-order valence-electron chi connectivity index (χ3n) is 4.58. The van der Waals surface area contributed by atoms with E-state index in [9.17, 15) is 4.79 Å². The second kappa shape index (κ2) is 4.74. The molecule has 2 fully saturated rings. The van der Waals surface area contributed by atoms with Gasteiger partial charge in [0.05, 0.1) is 6.42 Å². The smallest absolute Gasteiger partial charge is 0.306 e. The molecule has 0 bridgehead atoms.